The first-order valence-electron chi connectivity index (χ1n) is 6.56. The van der Waals surface area contributed by atoms with Gasteiger partial charge >= 0.3 is 0 Å². The summed E-state index contributed by atoms with van der Waals surface area (Å²) in [6.07, 6.45) is 4.01. The van der Waals surface area contributed by atoms with E-state index in [-0.39, 0.29) is 27.1 Å². The Morgan fingerprint density at radius 3 is 2.20 bits per heavy atom. The normalized spacial score (nSPS) is 12.7. The Hall–Kier alpha value is -0.986. The number of hydrogen-bond acceptors (Lipinski definition) is 2. The van der Waals surface area contributed by atoms with Crippen molar-refractivity contribution in [1.29, 1.82) is 0 Å². The topological polar surface area (TPSA) is 18.5 Å². The second-order valence-corrected chi connectivity index (χ2v) is 5.42. The minimum Gasteiger partial charge on any atom is -0.497 e. The smallest absolute Gasteiger partial charge is 0.119 e. The van der Waals surface area contributed by atoms with E-state index in [1.54, 1.807) is 7.11 Å². The van der Waals surface area contributed by atoms with Crippen molar-refractivity contribution in [2.75, 3.05) is 13.7 Å². The largest absolute Gasteiger partial charge is 0.497 e. The zero-order chi connectivity index (χ0) is 14.3. The summed E-state index contributed by atoms with van der Waals surface area (Å²) in [6, 6.07) is 9.86. The van der Waals surface area contributed by atoms with Crippen molar-refractivity contribution >= 4 is 0 Å². The van der Waals surface area contributed by atoms with E-state index in [0.29, 0.717) is 6.61 Å². The number of para-hydroxylation sites is 1. The maximum Gasteiger partial charge on any atom is 0.119 e. The van der Waals surface area contributed by atoms with E-state index in [4.69, 9.17) is 9.47 Å². The van der Waals surface area contributed by atoms with Gasteiger partial charge in [-0.25, -0.2) is 0 Å². The fourth-order valence-corrected chi connectivity index (χ4v) is 1.58. The third-order valence-electron chi connectivity index (χ3n) is 2.94. The van der Waals surface area contributed by atoms with E-state index in [1.165, 1.54) is 5.57 Å². The summed E-state index contributed by atoms with van der Waals surface area (Å²) >= 11 is 0. The third-order valence-corrected chi connectivity index (χ3v) is 2.94. The second-order valence-electron chi connectivity index (χ2n) is 5.42. The molecule has 0 unspecified atom stereocenters. The minimum absolute atomic E-state index is 0. The molecule has 0 spiro atoms. The SMILES string of the molecule is CC=C(C=C(COc1ccccc1)C(C)(C)C)OC.[Ti]. The van der Waals surface area contributed by atoms with E-state index < -0.39 is 0 Å². The first kappa shape index (κ1) is 19.0. The number of allylic oxidation sites excluding steroid dienone is 2. The van der Waals surface area contributed by atoms with E-state index in [1.807, 2.05) is 43.3 Å². The molecule has 0 amide bonds. The summed E-state index contributed by atoms with van der Waals surface area (Å²) in [5.41, 5.74) is 1.24. The predicted octanol–water partition coefficient (Wildman–Crippen LogP) is 4.59. The molecule has 0 aliphatic heterocycles. The molecule has 0 aliphatic rings. The van der Waals surface area contributed by atoms with Gasteiger partial charge in [-0.3, -0.25) is 0 Å². The number of rotatable bonds is 5. The molecule has 0 radical (unpaired) electrons. The molecule has 0 atom stereocenters. The molecule has 0 saturated carbocycles. The van der Waals surface area contributed by atoms with E-state index >= 15 is 0 Å². The molecule has 1 aromatic carbocycles. The van der Waals surface area contributed by atoms with Crippen LogP contribution in [0.2, 0.25) is 0 Å². The molecule has 0 aromatic heterocycles. The summed E-state index contributed by atoms with van der Waals surface area (Å²) < 4.78 is 11.1. The van der Waals surface area contributed by atoms with Crippen LogP contribution in [0.5, 0.6) is 5.75 Å². The third kappa shape index (κ3) is 6.45. The number of methoxy groups -OCH3 is 1. The Morgan fingerprint density at radius 2 is 1.75 bits per heavy atom. The molecule has 1 rings (SSSR count). The Morgan fingerprint density at radius 1 is 1.15 bits per heavy atom. The molecule has 0 saturated heterocycles. The van der Waals surface area contributed by atoms with Crippen LogP contribution >= 0.6 is 0 Å². The van der Waals surface area contributed by atoms with Gasteiger partial charge in [-0.15, -0.1) is 0 Å². The standard InChI is InChI=1S/C17H24O2.Ti/c1-6-15(18-5)12-14(17(2,3)4)13-19-16-10-8-7-9-11-16;/h6-12H,13H2,1-5H3;. The summed E-state index contributed by atoms with van der Waals surface area (Å²) in [5, 5.41) is 0. The Labute approximate surface area is 137 Å². The molecule has 2 nitrogen and oxygen atoms in total. The van der Waals surface area contributed by atoms with Crippen molar-refractivity contribution in [2.45, 2.75) is 27.7 Å². The molecular weight excluding hydrogens is 284 g/mol. The van der Waals surface area contributed by atoms with E-state index in [0.717, 1.165) is 11.5 Å². The molecule has 0 heterocycles. The van der Waals surface area contributed by atoms with E-state index in [2.05, 4.69) is 26.8 Å². The summed E-state index contributed by atoms with van der Waals surface area (Å²) in [6.45, 7) is 9.06. The average Bonchev–Trinajstić information content (AvgIpc) is 2.39. The maximum atomic E-state index is 5.83. The average molecular weight is 308 g/mol. The first-order valence-corrected chi connectivity index (χ1v) is 6.56. The monoisotopic (exact) mass is 308 g/mol. The van der Waals surface area contributed by atoms with Crippen LogP contribution in [-0.4, -0.2) is 13.7 Å². The van der Waals surface area contributed by atoms with Gasteiger partial charge in [0, 0.05) is 21.7 Å². The van der Waals surface area contributed by atoms with Gasteiger partial charge in [0.05, 0.1) is 7.11 Å². The van der Waals surface area contributed by atoms with Gasteiger partial charge in [0.25, 0.3) is 0 Å². The van der Waals surface area contributed by atoms with Crippen molar-refractivity contribution in [3.63, 3.8) is 0 Å². The van der Waals surface area contributed by atoms with Crippen molar-refractivity contribution in [2.24, 2.45) is 5.41 Å². The first-order chi connectivity index (χ1) is 8.97. The second kappa shape index (κ2) is 9.04. The van der Waals surface area contributed by atoms with Crippen LogP contribution < -0.4 is 4.74 Å². The fourth-order valence-electron chi connectivity index (χ4n) is 1.58. The molecule has 1 aromatic rings. The van der Waals surface area contributed by atoms with Crippen molar-refractivity contribution in [3.8, 4) is 5.75 Å². The predicted molar refractivity (Wildman–Crippen MR) is 80.2 cm³/mol. The summed E-state index contributed by atoms with van der Waals surface area (Å²) in [7, 11) is 1.68. The fraction of sp³-hybridized carbons (Fsp3) is 0.412. The van der Waals surface area contributed by atoms with Crippen molar-refractivity contribution in [3.05, 3.63) is 53.8 Å². The molecular formula is C17H24O2Ti. The Kier molecular flexibility index (Phi) is 8.60. The Bertz CT molecular complexity index is 442. The van der Waals surface area contributed by atoms with Crippen molar-refractivity contribution in [1.82, 2.24) is 0 Å². The summed E-state index contributed by atoms with van der Waals surface area (Å²) in [5.74, 6) is 1.75. The molecule has 0 N–H and O–H groups in total. The maximum absolute atomic E-state index is 5.83. The Balaban J connectivity index is 0.00000361. The molecule has 0 fully saturated rings. The van der Waals surface area contributed by atoms with Crippen LogP contribution in [0.4, 0.5) is 0 Å². The molecule has 0 bridgehead atoms. The van der Waals surface area contributed by atoms with Crippen LogP contribution in [0.15, 0.2) is 53.8 Å². The molecule has 0 aliphatic carbocycles. The van der Waals surface area contributed by atoms with Gasteiger partial charge < -0.3 is 9.47 Å². The quantitative estimate of drug-likeness (QED) is 0.450. The van der Waals surface area contributed by atoms with Crippen LogP contribution in [0.1, 0.15) is 27.7 Å². The molecule has 108 valence electrons. The molecule has 20 heavy (non-hydrogen) atoms. The van der Waals surface area contributed by atoms with Crippen LogP contribution in [0, 0.1) is 5.41 Å². The van der Waals surface area contributed by atoms with Gasteiger partial charge in [0.2, 0.25) is 0 Å². The van der Waals surface area contributed by atoms with Gasteiger partial charge in [-0.2, -0.15) is 0 Å². The zero-order valence-electron chi connectivity index (χ0n) is 13.1. The number of ether oxygens (including phenoxy) is 2. The van der Waals surface area contributed by atoms with Crippen LogP contribution in [0.3, 0.4) is 0 Å². The minimum atomic E-state index is 0. The van der Waals surface area contributed by atoms with Crippen LogP contribution in [0.25, 0.3) is 0 Å². The van der Waals surface area contributed by atoms with Crippen LogP contribution in [-0.2, 0) is 26.5 Å². The van der Waals surface area contributed by atoms with Crippen molar-refractivity contribution < 1.29 is 31.2 Å². The van der Waals surface area contributed by atoms with E-state index in [9.17, 15) is 0 Å². The number of benzene rings is 1. The zero-order valence-corrected chi connectivity index (χ0v) is 14.6. The van der Waals surface area contributed by atoms with Gasteiger partial charge in [0.15, 0.2) is 0 Å². The molecule has 3 heteroatoms. The summed E-state index contributed by atoms with van der Waals surface area (Å²) in [4.78, 5) is 0. The van der Waals surface area contributed by atoms with Gasteiger partial charge in [-0.1, -0.05) is 39.0 Å². The van der Waals surface area contributed by atoms with Gasteiger partial charge in [-0.05, 0) is 42.2 Å². The van der Waals surface area contributed by atoms with Gasteiger partial charge in [0.1, 0.15) is 18.1 Å². The number of hydrogen-bond donors (Lipinski definition) is 0.